The van der Waals surface area contributed by atoms with E-state index in [4.69, 9.17) is 4.74 Å². The molecule has 1 aliphatic heterocycles. The van der Waals surface area contributed by atoms with Gasteiger partial charge >= 0.3 is 0 Å². The molecule has 1 fully saturated rings. The summed E-state index contributed by atoms with van der Waals surface area (Å²) in [6.07, 6.45) is 3.13. The summed E-state index contributed by atoms with van der Waals surface area (Å²) in [5, 5.41) is 0. The van der Waals surface area contributed by atoms with Gasteiger partial charge in [-0.3, -0.25) is 14.6 Å². The van der Waals surface area contributed by atoms with Crippen LogP contribution in [0.3, 0.4) is 0 Å². The number of carbonyl (C=O) groups excluding carboxylic acids is 2. The van der Waals surface area contributed by atoms with E-state index in [1.807, 2.05) is 0 Å². The molecule has 6 heteroatoms. The number of hydrogen-bond donors (Lipinski definition) is 0. The molecular weight excluding hydrogens is 234 g/mol. The fourth-order valence-corrected chi connectivity index (χ4v) is 1.81. The fourth-order valence-electron chi connectivity index (χ4n) is 1.81. The van der Waals surface area contributed by atoms with Crippen molar-refractivity contribution in [3.05, 3.63) is 30.1 Å². The van der Waals surface area contributed by atoms with Gasteiger partial charge in [0.1, 0.15) is 6.54 Å². The molecule has 0 spiro atoms. The van der Waals surface area contributed by atoms with Crippen LogP contribution < -0.4 is 0 Å². The Balaban J connectivity index is 2.00. The van der Waals surface area contributed by atoms with Crippen molar-refractivity contribution in [2.75, 3.05) is 33.5 Å². The molecule has 0 atom stereocenters. The van der Waals surface area contributed by atoms with Gasteiger partial charge in [-0.05, 0) is 12.1 Å². The Kier molecular flexibility index (Phi) is 3.88. The molecule has 1 aromatic rings. The number of rotatable bonds is 4. The summed E-state index contributed by atoms with van der Waals surface area (Å²) in [7, 11) is 1.58. The van der Waals surface area contributed by atoms with Crippen molar-refractivity contribution >= 4 is 11.8 Å². The van der Waals surface area contributed by atoms with Crippen molar-refractivity contribution in [1.29, 1.82) is 0 Å². The first-order valence-corrected chi connectivity index (χ1v) is 5.68. The number of pyridine rings is 1. The van der Waals surface area contributed by atoms with E-state index in [0.29, 0.717) is 25.4 Å². The standard InChI is InChI=1S/C12H15N3O3/c1-18-7-6-14-9-15(8-11(14)16)12(17)10-2-4-13-5-3-10/h2-5H,6-9H2,1H3. The van der Waals surface area contributed by atoms with Gasteiger partial charge in [-0.2, -0.15) is 0 Å². The minimum Gasteiger partial charge on any atom is -0.383 e. The third kappa shape index (κ3) is 2.65. The lowest BCUT2D eigenvalue weighted by Crippen LogP contribution is -2.32. The quantitative estimate of drug-likeness (QED) is 0.751. The van der Waals surface area contributed by atoms with E-state index < -0.39 is 0 Å². The molecule has 18 heavy (non-hydrogen) atoms. The Labute approximate surface area is 105 Å². The lowest BCUT2D eigenvalue weighted by molar-refractivity contribution is -0.127. The molecule has 0 unspecified atom stereocenters. The first-order valence-electron chi connectivity index (χ1n) is 5.68. The summed E-state index contributed by atoms with van der Waals surface area (Å²) in [6, 6.07) is 3.29. The SMILES string of the molecule is COCCN1CN(C(=O)c2ccncc2)CC1=O. The molecule has 1 aliphatic rings. The third-order valence-corrected chi connectivity index (χ3v) is 2.80. The summed E-state index contributed by atoms with van der Waals surface area (Å²) in [4.78, 5) is 30.8. The second kappa shape index (κ2) is 5.59. The van der Waals surface area contributed by atoms with Crippen LogP contribution in [0.4, 0.5) is 0 Å². The van der Waals surface area contributed by atoms with Crippen LogP contribution in [-0.4, -0.2) is 60.1 Å². The predicted molar refractivity (Wildman–Crippen MR) is 63.7 cm³/mol. The van der Waals surface area contributed by atoms with Gasteiger partial charge < -0.3 is 14.5 Å². The van der Waals surface area contributed by atoms with Crippen LogP contribution in [0.2, 0.25) is 0 Å². The second-order valence-electron chi connectivity index (χ2n) is 4.03. The van der Waals surface area contributed by atoms with E-state index in [9.17, 15) is 9.59 Å². The monoisotopic (exact) mass is 249 g/mol. The summed E-state index contributed by atoms with van der Waals surface area (Å²) in [5.74, 6) is -0.194. The van der Waals surface area contributed by atoms with Gasteiger partial charge in [0.25, 0.3) is 5.91 Å². The van der Waals surface area contributed by atoms with Gasteiger partial charge in [0.15, 0.2) is 0 Å². The van der Waals surface area contributed by atoms with Crippen LogP contribution in [0.1, 0.15) is 10.4 Å². The highest BCUT2D eigenvalue weighted by Gasteiger charge is 2.30. The van der Waals surface area contributed by atoms with Crippen LogP contribution in [0.5, 0.6) is 0 Å². The average molecular weight is 249 g/mol. The summed E-state index contributed by atoms with van der Waals surface area (Å²) in [5.41, 5.74) is 0.548. The van der Waals surface area contributed by atoms with Gasteiger partial charge in [-0.25, -0.2) is 0 Å². The van der Waals surface area contributed by atoms with E-state index in [0.717, 1.165) is 0 Å². The van der Waals surface area contributed by atoms with Gasteiger partial charge in [0.05, 0.1) is 13.3 Å². The van der Waals surface area contributed by atoms with Crippen molar-refractivity contribution in [2.45, 2.75) is 0 Å². The molecule has 96 valence electrons. The first kappa shape index (κ1) is 12.5. The molecule has 0 N–H and O–H groups in total. The maximum Gasteiger partial charge on any atom is 0.255 e. The Morgan fingerprint density at radius 3 is 2.83 bits per heavy atom. The van der Waals surface area contributed by atoms with Crippen LogP contribution in [0.25, 0.3) is 0 Å². The fraction of sp³-hybridized carbons (Fsp3) is 0.417. The molecular formula is C12H15N3O3. The Bertz CT molecular complexity index is 435. The zero-order chi connectivity index (χ0) is 13.0. The summed E-state index contributed by atoms with van der Waals surface area (Å²) in [6.45, 7) is 1.44. The highest BCUT2D eigenvalue weighted by molar-refractivity contribution is 5.97. The van der Waals surface area contributed by atoms with Crippen LogP contribution in [-0.2, 0) is 9.53 Å². The molecule has 6 nitrogen and oxygen atoms in total. The second-order valence-corrected chi connectivity index (χ2v) is 4.03. The van der Waals surface area contributed by atoms with Crippen molar-refractivity contribution < 1.29 is 14.3 Å². The smallest absolute Gasteiger partial charge is 0.255 e. The van der Waals surface area contributed by atoms with E-state index in [-0.39, 0.29) is 18.4 Å². The molecule has 0 bridgehead atoms. The first-order chi connectivity index (χ1) is 8.72. The normalized spacial score (nSPS) is 15.3. The molecule has 2 rings (SSSR count). The molecule has 2 heterocycles. The van der Waals surface area contributed by atoms with Crippen molar-refractivity contribution in [2.24, 2.45) is 0 Å². The van der Waals surface area contributed by atoms with E-state index in [2.05, 4.69) is 4.98 Å². The molecule has 1 saturated heterocycles. The zero-order valence-corrected chi connectivity index (χ0v) is 10.2. The number of nitrogens with zero attached hydrogens (tertiary/aromatic N) is 3. The average Bonchev–Trinajstić information content (AvgIpc) is 2.78. The number of ether oxygens (including phenoxy) is 1. The number of hydrogen-bond acceptors (Lipinski definition) is 4. The van der Waals surface area contributed by atoms with Crippen LogP contribution in [0.15, 0.2) is 24.5 Å². The van der Waals surface area contributed by atoms with Crippen LogP contribution in [0, 0.1) is 0 Å². The summed E-state index contributed by atoms with van der Waals surface area (Å²) >= 11 is 0. The largest absolute Gasteiger partial charge is 0.383 e. The molecule has 0 aliphatic carbocycles. The van der Waals surface area contributed by atoms with Crippen LogP contribution >= 0.6 is 0 Å². The minimum absolute atomic E-state index is 0.0468. The van der Waals surface area contributed by atoms with Gasteiger partial charge in [0, 0.05) is 31.6 Å². The lowest BCUT2D eigenvalue weighted by Gasteiger charge is -2.17. The van der Waals surface area contributed by atoms with Gasteiger partial charge in [0.2, 0.25) is 5.91 Å². The number of amides is 2. The molecule has 2 amide bonds. The third-order valence-electron chi connectivity index (χ3n) is 2.80. The van der Waals surface area contributed by atoms with Crippen molar-refractivity contribution in [3.63, 3.8) is 0 Å². The molecule has 0 radical (unpaired) electrons. The Hall–Kier alpha value is -1.95. The predicted octanol–water partition coefficient (Wildman–Crippen LogP) is -0.0301. The van der Waals surface area contributed by atoms with Crippen molar-refractivity contribution in [1.82, 2.24) is 14.8 Å². The number of carbonyl (C=O) groups is 2. The van der Waals surface area contributed by atoms with Crippen molar-refractivity contribution in [3.8, 4) is 0 Å². The van der Waals surface area contributed by atoms with Gasteiger partial charge in [-0.15, -0.1) is 0 Å². The highest BCUT2D eigenvalue weighted by Crippen LogP contribution is 2.11. The molecule has 0 aromatic carbocycles. The van der Waals surface area contributed by atoms with E-state index in [1.165, 1.54) is 4.90 Å². The molecule has 0 saturated carbocycles. The number of aromatic nitrogens is 1. The maximum absolute atomic E-state index is 12.1. The maximum atomic E-state index is 12.1. The highest BCUT2D eigenvalue weighted by atomic mass is 16.5. The molecule has 1 aromatic heterocycles. The zero-order valence-electron chi connectivity index (χ0n) is 10.2. The Morgan fingerprint density at radius 1 is 1.44 bits per heavy atom. The number of methoxy groups -OCH3 is 1. The van der Waals surface area contributed by atoms with Gasteiger partial charge in [-0.1, -0.05) is 0 Å². The summed E-state index contributed by atoms with van der Waals surface area (Å²) < 4.78 is 4.93. The Morgan fingerprint density at radius 2 is 2.17 bits per heavy atom. The topological polar surface area (TPSA) is 62.7 Å². The lowest BCUT2D eigenvalue weighted by atomic mass is 10.2. The van der Waals surface area contributed by atoms with E-state index in [1.54, 1.807) is 36.5 Å². The van der Waals surface area contributed by atoms with E-state index >= 15 is 0 Å². The minimum atomic E-state index is -0.148.